The van der Waals surface area contributed by atoms with Crippen LogP contribution >= 0.6 is 0 Å². The number of hydrogen-bond donors (Lipinski definition) is 1. The Morgan fingerprint density at radius 3 is 2.48 bits per heavy atom. The highest BCUT2D eigenvalue weighted by molar-refractivity contribution is 5.49. The highest BCUT2D eigenvalue weighted by Gasteiger charge is 2.19. The molecule has 0 fully saturated rings. The second-order valence-corrected chi connectivity index (χ2v) is 6.96. The van der Waals surface area contributed by atoms with E-state index in [9.17, 15) is 0 Å². The van der Waals surface area contributed by atoms with E-state index >= 15 is 0 Å². The molecule has 0 aliphatic heterocycles. The van der Waals surface area contributed by atoms with Crippen molar-refractivity contribution in [1.29, 1.82) is 0 Å². The van der Waals surface area contributed by atoms with E-state index in [1.165, 1.54) is 5.56 Å². The van der Waals surface area contributed by atoms with Crippen LogP contribution in [0.2, 0.25) is 0 Å². The first-order valence-corrected chi connectivity index (χ1v) is 7.72. The standard InChI is InChI=1S/C16H32N4O/c1-12(2)21-10-9-19(7)15-14(11-17-16(4,5)6)13(3)18-20(15)8/h12,17H,9-11H2,1-8H3. The number of ether oxygens (including phenoxy) is 1. The number of rotatable bonds is 7. The third kappa shape index (κ3) is 5.67. The third-order valence-electron chi connectivity index (χ3n) is 3.35. The summed E-state index contributed by atoms with van der Waals surface area (Å²) in [6.07, 6.45) is 0.272. The van der Waals surface area contributed by atoms with Gasteiger partial charge in [0.05, 0.1) is 18.4 Å². The molecule has 0 amide bonds. The maximum Gasteiger partial charge on any atom is 0.131 e. The second kappa shape index (κ2) is 7.27. The minimum atomic E-state index is 0.0961. The zero-order valence-electron chi connectivity index (χ0n) is 14.9. The molecule has 1 rings (SSSR count). The van der Waals surface area contributed by atoms with Crippen molar-refractivity contribution in [3.8, 4) is 0 Å². The van der Waals surface area contributed by atoms with E-state index in [0.29, 0.717) is 0 Å². The number of aryl methyl sites for hydroxylation is 2. The fourth-order valence-corrected chi connectivity index (χ4v) is 2.26. The molecule has 0 bridgehead atoms. The molecule has 5 nitrogen and oxygen atoms in total. The van der Waals surface area contributed by atoms with Crippen LogP contribution in [-0.2, 0) is 18.3 Å². The zero-order valence-corrected chi connectivity index (χ0v) is 14.9. The molecule has 0 aliphatic carbocycles. The first-order chi connectivity index (χ1) is 9.61. The normalized spacial score (nSPS) is 12.2. The fourth-order valence-electron chi connectivity index (χ4n) is 2.26. The lowest BCUT2D eigenvalue weighted by Crippen LogP contribution is -2.36. The van der Waals surface area contributed by atoms with Gasteiger partial charge in [-0.25, -0.2) is 0 Å². The van der Waals surface area contributed by atoms with Crippen LogP contribution in [0, 0.1) is 6.92 Å². The molecular weight excluding hydrogens is 264 g/mol. The lowest BCUT2D eigenvalue weighted by molar-refractivity contribution is 0.0844. The van der Waals surface area contributed by atoms with Crippen LogP contribution in [0.4, 0.5) is 5.82 Å². The average Bonchev–Trinajstić information content (AvgIpc) is 2.59. The molecule has 0 radical (unpaired) electrons. The molecular formula is C16H32N4O. The Bertz CT molecular complexity index is 446. The molecule has 0 unspecified atom stereocenters. The van der Waals surface area contributed by atoms with Gasteiger partial charge in [0.25, 0.3) is 0 Å². The van der Waals surface area contributed by atoms with Gasteiger partial charge >= 0.3 is 0 Å². The van der Waals surface area contributed by atoms with Crippen LogP contribution in [0.25, 0.3) is 0 Å². The maximum atomic E-state index is 5.65. The molecule has 1 heterocycles. The van der Waals surface area contributed by atoms with E-state index in [1.807, 2.05) is 11.7 Å². The van der Waals surface area contributed by atoms with Gasteiger partial charge in [-0.05, 0) is 41.5 Å². The summed E-state index contributed by atoms with van der Waals surface area (Å²) in [5.74, 6) is 1.16. The molecule has 1 aromatic rings. The number of nitrogens with one attached hydrogen (secondary N) is 1. The van der Waals surface area contributed by atoms with Crippen LogP contribution in [0.3, 0.4) is 0 Å². The summed E-state index contributed by atoms with van der Waals surface area (Å²) in [5.41, 5.74) is 2.44. The molecule has 21 heavy (non-hydrogen) atoms. The number of hydrogen-bond acceptors (Lipinski definition) is 4. The average molecular weight is 296 g/mol. The summed E-state index contributed by atoms with van der Waals surface area (Å²) in [6.45, 7) is 15.1. The van der Waals surface area contributed by atoms with Gasteiger partial charge in [0, 0.05) is 38.3 Å². The number of likely N-dealkylation sites (N-methyl/N-ethyl adjacent to an activating group) is 1. The van der Waals surface area contributed by atoms with Crippen LogP contribution in [0.15, 0.2) is 0 Å². The highest BCUT2D eigenvalue weighted by Crippen LogP contribution is 2.22. The largest absolute Gasteiger partial charge is 0.377 e. The minimum Gasteiger partial charge on any atom is -0.377 e. The predicted octanol–water partition coefficient (Wildman–Crippen LogP) is 2.48. The molecule has 0 atom stereocenters. The second-order valence-electron chi connectivity index (χ2n) is 6.96. The first-order valence-electron chi connectivity index (χ1n) is 7.72. The van der Waals surface area contributed by atoms with E-state index < -0.39 is 0 Å². The molecule has 5 heteroatoms. The van der Waals surface area contributed by atoms with Gasteiger partial charge in [0.2, 0.25) is 0 Å². The monoisotopic (exact) mass is 296 g/mol. The predicted molar refractivity (Wildman–Crippen MR) is 88.9 cm³/mol. The lowest BCUT2D eigenvalue weighted by Gasteiger charge is -2.24. The third-order valence-corrected chi connectivity index (χ3v) is 3.35. The Labute approximate surface area is 129 Å². The van der Waals surface area contributed by atoms with Crippen molar-refractivity contribution in [1.82, 2.24) is 15.1 Å². The number of nitrogens with zero attached hydrogens (tertiary/aromatic N) is 3. The molecule has 122 valence electrons. The van der Waals surface area contributed by atoms with Crippen LogP contribution in [0.5, 0.6) is 0 Å². The van der Waals surface area contributed by atoms with Gasteiger partial charge in [-0.3, -0.25) is 4.68 Å². The fraction of sp³-hybridized carbons (Fsp3) is 0.812. The van der Waals surface area contributed by atoms with Gasteiger partial charge in [-0.15, -0.1) is 0 Å². The van der Waals surface area contributed by atoms with Crippen molar-refractivity contribution in [2.75, 3.05) is 25.1 Å². The zero-order chi connectivity index (χ0) is 16.2. The quantitative estimate of drug-likeness (QED) is 0.839. The number of anilines is 1. The smallest absolute Gasteiger partial charge is 0.131 e. The van der Waals surface area contributed by atoms with Crippen molar-refractivity contribution in [2.45, 2.75) is 59.7 Å². The molecule has 0 aliphatic rings. The maximum absolute atomic E-state index is 5.65. The Kier molecular flexibility index (Phi) is 6.23. The Balaban J connectivity index is 2.80. The topological polar surface area (TPSA) is 42.3 Å². The van der Waals surface area contributed by atoms with Crippen molar-refractivity contribution < 1.29 is 4.74 Å². The summed E-state index contributed by atoms with van der Waals surface area (Å²) in [5, 5.41) is 8.12. The Hall–Kier alpha value is -1.07. The highest BCUT2D eigenvalue weighted by atomic mass is 16.5. The Morgan fingerprint density at radius 2 is 1.95 bits per heavy atom. The summed E-state index contributed by atoms with van der Waals surface area (Å²) in [4.78, 5) is 2.22. The van der Waals surface area contributed by atoms with Crippen LogP contribution in [-0.4, -0.2) is 41.6 Å². The summed E-state index contributed by atoms with van der Waals surface area (Å²) >= 11 is 0. The van der Waals surface area contributed by atoms with Gasteiger partial charge in [-0.1, -0.05) is 0 Å². The van der Waals surface area contributed by atoms with E-state index in [2.05, 4.69) is 63.9 Å². The van der Waals surface area contributed by atoms with Gasteiger partial charge < -0.3 is 15.0 Å². The lowest BCUT2D eigenvalue weighted by atomic mass is 10.1. The van der Waals surface area contributed by atoms with Crippen LogP contribution in [0.1, 0.15) is 45.9 Å². The van der Waals surface area contributed by atoms with Crippen molar-refractivity contribution in [2.24, 2.45) is 7.05 Å². The summed E-state index contributed by atoms with van der Waals surface area (Å²) < 4.78 is 7.61. The van der Waals surface area contributed by atoms with E-state index in [1.54, 1.807) is 0 Å². The molecule has 0 spiro atoms. The molecule has 0 saturated carbocycles. The van der Waals surface area contributed by atoms with Gasteiger partial charge in [0.1, 0.15) is 5.82 Å². The summed E-state index contributed by atoms with van der Waals surface area (Å²) in [7, 11) is 4.10. The van der Waals surface area contributed by atoms with E-state index in [0.717, 1.165) is 31.2 Å². The SMILES string of the molecule is Cc1nn(C)c(N(C)CCOC(C)C)c1CNC(C)(C)C. The molecule has 0 saturated heterocycles. The molecule has 0 aromatic carbocycles. The van der Waals surface area contributed by atoms with Crippen molar-refractivity contribution in [3.05, 3.63) is 11.3 Å². The van der Waals surface area contributed by atoms with Crippen molar-refractivity contribution >= 4 is 5.82 Å². The molecule has 1 N–H and O–H groups in total. The minimum absolute atomic E-state index is 0.0961. The number of aromatic nitrogens is 2. The summed E-state index contributed by atoms with van der Waals surface area (Å²) in [6, 6.07) is 0. The first kappa shape index (κ1) is 18.0. The van der Waals surface area contributed by atoms with E-state index in [-0.39, 0.29) is 11.6 Å². The van der Waals surface area contributed by atoms with Gasteiger partial charge in [-0.2, -0.15) is 5.10 Å². The van der Waals surface area contributed by atoms with Crippen LogP contribution < -0.4 is 10.2 Å². The Morgan fingerprint density at radius 1 is 1.33 bits per heavy atom. The van der Waals surface area contributed by atoms with Crippen molar-refractivity contribution in [3.63, 3.8) is 0 Å². The molecule has 1 aromatic heterocycles. The van der Waals surface area contributed by atoms with E-state index in [4.69, 9.17) is 4.74 Å². The van der Waals surface area contributed by atoms with Gasteiger partial charge in [0.15, 0.2) is 0 Å².